The third-order valence-corrected chi connectivity index (χ3v) is 10.3. The molecule has 0 amide bonds. The highest BCUT2D eigenvalue weighted by Gasteiger charge is 2.75. The van der Waals surface area contributed by atoms with Crippen LogP contribution in [-0.4, -0.2) is 34.1 Å². The summed E-state index contributed by atoms with van der Waals surface area (Å²) in [5, 5.41) is 19.1. The molecule has 31 heavy (non-hydrogen) atoms. The molecule has 0 spiro atoms. The Labute approximate surface area is 182 Å². The highest BCUT2D eigenvalue weighted by Crippen LogP contribution is 2.74. The minimum Gasteiger partial charge on any atom is -0.481 e. The number of hydrogen-bond donors (Lipinski definition) is 2. The van der Waals surface area contributed by atoms with Gasteiger partial charge in [-0.3, -0.25) is 4.79 Å². The number of fused-ring (bicyclic) bond motifs is 5. The van der Waals surface area contributed by atoms with E-state index in [1.54, 1.807) is 0 Å². The van der Waals surface area contributed by atoms with Gasteiger partial charge < -0.3 is 10.2 Å². The molecule has 0 heterocycles. The van der Waals surface area contributed by atoms with Gasteiger partial charge in [0.1, 0.15) is 0 Å². The molecule has 178 valence electrons. The largest absolute Gasteiger partial charge is 0.481 e. The van der Waals surface area contributed by atoms with E-state index in [1.165, 1.54) is 6.92 Å². The van der Waals surface area contributed by atoms with E-state index in [4.69, 9.17) is 5.11 Å². The fourth-order valence-electron chi connectivity index (χ4n) is 8.56. The average molecular weight is 449 g/mol. The summed E-state index contributed by atoms with van der Waals surface area (Å²) in [6.07, 6.45) is 0.838. The van der Waals surface area contributed by atoms with Crippen molar-refractivity contribution in [3.05, 3.63) is 0 Å². The summed E-state index contributed by atoms with van der Waals surface area (Å²) >= 11 is 0. The maximum Gasteiger partial charge on any atom is 0.303 e. The van der Waals surface area contributed by atoms with E-state index < -0.39 is 70.8 Å². The molecule has 9 atom stereocenters. The average Bonchev–Trinajstić information content (AvgIpc) is 3.00. The summed E-state index contributed by atoms with van der Waals surface area (Å²) in [6.45, 7) is 5.23. The molecule has 0 saturated heterocycles. The number of carbonyl (C=O) groups is 1. The molecule has 4 saturated carbocycles. The van der Waals surface area contributed by atoms with Gasteiger partial charge in [0, 0.05) is 30.6 Å². The van der Waals surface area contributed by atoms with Crippen molar-refractivity contribution in [2.45, 2.75) is 96.5 Å². The van der Waals surface area contributed by atoms with Crippen molar-refractivity contribution in [1.82, 2.24) is 0 Å². The normalized spacial score (nSPS) is 48.9. The van der Waals surface area contributed by atoms with E-state index in [0.717, 1.165) is 0 Å². The van der Waals surface area contributed by atoms with Gasteiger partial charge in [0.05, 0.1) is 6.10 Å². The molecule has 0 aromatic carbocycles. The molecule has 4 aliphatic rings. The van der Waals surface area contributed by atoms with Crippen molar-refractivity contribution in [2.75, 3.05) is 0 Å². The second-order valence-electron chi connectivity index (χ2n) is 11.6. The van der Waals surface area contributed by atoms with Gasteiger partial charge in [-0.05, 0) is 73.5 Å². The Morgan fingerprint density at radius 3 is 2.39 bits per heavy atom. The van der Waals surface area contributed by atoms with Gasteiger partial charge in [-0.1, -0.05) is 20.8 Å². The van der Waals surface area contributed by atoms with Gasteiger partial charge in [-0.25, -0.2) is 17.6 Å². The molecule has 3 nitrogen and oxygen atoms in total. The summed E-state index contributed by atoms with van der Waals surface area (Å²) in [6, 6.07) is 0. The first-order valence-electron chi connectivity index (χ1n) is 11.9. The van der Waals surface area contributed by atoms with Gasteiger partial charge in [0.15, 0.2) is 0 Å². The van der Waals surface area contributed by atoms with Crippen molar-refractivity contribution in [3.63, 3.8) is 0 Å². The monoisotopic (exact) mass is 448 g/mol. The molecule has 4 aliphatic carbocycles. The van der Waals surface area contributed by atoms with Crippen molar-refractivity contribution < 1.29 is 32.6 Å². The number of hydrogen-bond acceptors (Lipinski definition) is 2. The minimum absolute atomic E-state index is 0.0890. The fraction of sp³-hybridized carbons (Fsp3) is 0.958. The van der Waals surface area contributed by atoms with Gasteiger partial charge in [0.25, 0.3) is 11.8 Å². The van der Waals surface area contributed by atoms with Crippen LogP contribution in [0.1, 0.15) is 78.6 Å². The molecule has 0 radical (unpaired) electrons. The topological polar surface area (TPSA) is 57.5 Å². The van der Waals surface area contributed by atoms with Gasteiger partial charge >= 0.3 is 5.97 Å². The first-order valence-corrected chi connectivity index (χ1v) is 11.9. The lowest BCUT2D eigenvalue weighted by Gasteiger charge is -2.64. The number of carboxylic acid groups (broad SMARTS) is 1. The standard InChI is InChI=1S/C24H36F4O3/c1-13(4-7-19(30)31)16-5-6-17-20-18(12-24(27,28)22(16,17)3)21(2)9-8-15(29)10-14(21)11-23(20,25)26/h13-18,20,29H,4-12H2,1-3H3,(H,30,31)/t13-,14+,15-,16?,17+,18+,20+,21+,22-/m1/s1. The van der Waals surface area contributed by atoms with Crippen LogP contribution in [0.4, 0.5) is 17.6 Å². The lowest BCUT2D eigenvalue weighted by Crippen LogP contribution is -2.66. The number of alkyl halides is 4. The molecule has 1 unspecified atom stereocenters. The molecule has 0 bridgehead atoms. The number of carboxylic acids is 1. The smallest absolute Gasteiger partial charge is 0.303 e. The number of aliphatic carboxylic acids is 1. The molecule has 4 rings (SSSR count). The number of halogens is 4. The van der Waals surface area contributed by atoms with E-state index >= 15 is 17.6 Å². The van der Waals surface area contributed by atoms with E-state index in [-0.39, 0.29) is 25.2 Å². The van der Waals surface area contributed by atoms with Gasteiger partial charge in [-0.15, -0.1) is 0 Å². The summed E-state index contributed by atoms with van der Waals surface area (Å²) in [7, 11) is 0. The molecule has 2 N–H and O–H groups in total. The van der Waals surface area contributed by atoms with Crippen molar-refractivity contribution in [3.8, 4) is 0 Å². The molecule has 0 aromatic rings. The van der Waals surface area contributed by atoms with Crippen molar-refractivity contribution in [2.24, 2.45) is 46.3 Å². The zero-order chi connectivity index (χ0) is 23.0. The molecule has 0 aliphatic heterocycles. The number of rotatable bonds is 4. The Kier molecular flexibility index (Phi) is 5.51. The van der Waals surface area contributed by atoms with Crippen LogP contribution in [0.15, 0.2) is 0 Å². The first kappa shape index (κ1) is 23.3. The predicted molar refractivity (Wildman–Crippen MR) is 108 cm³/mol. The van der Waals surface area contributed by atoms with E-state index in [2.05, 4.69) is 0 Å². The Morgan fingerprint density at radius 1 is 1.06 bits per heavy atom. The van der Waals surface area contributed by atoms with Crippen molar-refractivity contribution in [1.29, 1.82) is 0 Å². The Balaban J connectivity index is 1.71. The molecular formula is C24H36F4O3. The maximum atomic E-state index is 16.0. The third-order valence-electron chi connectivity index (χ3n) is 10.3. The highest BCUT2D eigenvalue weighted by atomic mass is 19.3. The molecule has 4 fully saturated rings. The fourth-order valence-corrected chi connectivity index (χ4v) is 8.56. The predicted octanol–water partition coefficient (Wildman–Crippen LogP) is 6.00. The minimum atomic E-state index is -3.07. The van der Waals surface area contributed by atoms with Crippen LogP contribution in [0.5, 0.6) is 0 Å². The third kappa shape index (κ3) is 3.34. The van der Waals surface area contributed by atoms with Crippen molar-refractivity contribution >= 4 is 5.97 Å². The number of aliphatic hydroxyl groups excluding tert-OH is 1. The molecule has 0 aromatic heterocycles. The van der Waals surface area contributed by atoms with E-state index in [1.807, 2.05) is 13.8 Å². The van der Waals surface area contributed by atoms with E-state index in [9.17, 15) is 9.90 Å². The van der Waals surface area contributed by atoms with E-state index in [0.29, 0.717) is 32.1 Å². The SMILES string of the molecule is C[C@H](CCC(=O)O)C1CC[C@H]2[C@H]3[C@H](CC(F)(F)[C@]12C)[C@@]1(C)CC[C@@H](O)C[C@H]1CC3(F)F. The number of aliphatic hydroxyl groups is 1. The van der Waals surface area contributed by atoms with Crippen LogP contribution in [0, 0.1) is 46.3 Å². The van der Waals surface area contributed by atoms with Crippen LogP contribution in [0.2, 0.25) is 0 Å². The Hall–Kier alpha value is -0.850. The first-order chi connectivity index (χ1) is 14.2. The quantitative estimate of drug-likeness (QED) is 0.519. The van der Waals surface area contributed by atoms with Crippen LogP contribution >= 0.6 is 0 Å². The zero-order valence-corrected chi connectivity index (χ0v) is 18.7. The van der Waals surface area contributed by atoms with Gasteiger partial charge in [0.2, 0.25) is 0 Å². The lowest BCUT2D eigenvalue weighted by molar-refractivity contribution is -0.295. The summed E-state index contributed by atoms with van der Waals surface area (Å²) in [5.41, 5.74) is -2.13. The highest BCUT2D eigenvalue weighted by molar-refractivity contribution is 5.66. The maximum absolute atomic E-state index is 16.0. The van der Waals surface area contributed by atoms with Crippen LogP contribution in [0.3, 0.4) is 0 Å². The molecule has 7 heteroatoms. The van der Waals surface area contributed by atoms with Crippen LogP contribution in [0.25, 0.3) is 0 Å². The lowest BCUT2D eigenvalue weighted by atomic mass is 9.42. The zero-order valence-electron chi connectivity index (χ0n) is 18.7. The van der Waals surface area contributed by atoms with Gasteiger partial charge in [-0.2, -0.15) is 0 Å². The van der Waals surface area contributed by atoms with Crippen LogP contribution in [-0.2, 0) is 4.79 Å². The summed E-state index contributed by atoms with van der Waals surface area (Å²) in [5.74, 6) is -10.8. The van der Waals surface area contributed by atoms with Crippen LogP contribution < -0.4 is 0 Å². The Morgan fingerprint density at radius 2 is 1.74 bits per heavy atom. The summed E-state index contributed by atoms with van der Waals surface area (Å²) < 4.78 is 63.2. The second kappa shape index (κ2) is 7.33. The summed E-state index contributed by atoms with van der Waals surface area (Å²) in [4.78, 5) is 11.0. The Bertz CT molecular complexity index is 728. The second-order valence-corrected chi connectivity index (χ2v) is 11.6. The molecular weight excluding hydrogens is 412 g/mol.